The average molecular weight is 439 g/mol. The predicted octanol–water partition coefficient (Wildman–Crippen LogP) is 3.92. The molecule has 1 fully saturated rings. The van der Waals surface area contributed by atoms with Crippen LogP contribution in [0.15, 0.2) is 24.4 Å². The quantitative estimate of drug-likeness (QED) is 0.703. The maximum atomic E-state index is 14.3. The number of cyclic esters (lactones) is 1. The molecule has 0 aliphatic carbocycles. The van der Waals surface area contributed by atoms with Gasteiger partial charge in [-0.15, -0.1) is 0 Å². The van der Waals surface area contributed by atoms with Crippen LogP contribution >= 0.6 is 0 Å². The molecule has 2 aromatic rings. The molecule has 11 heteroatoms. The molecule has 7 nitrogen and oxygen atoms in total. The van der Waals surface area contributed by atoms with E-state index in [4.69, 9.17) is 4.74 Å². The number of alkyl halides is 4. The number of fused-ring (bicyclic) bond motifs is 1. The number of hydrogen-bond donors (Lipinski definition) is 2. The highest BCUT2D eigenvalue weighted by atomic mass is 19.3. The van der Waals surface area contributed by atoms with Gasteiger partial charge in [-0.3, -0.25) is 5.32 Å². The van der Waals surface area contributed by atoms with Crippen LogP contribution in [-0.4, -0.2) is 48.2 Å². The van der Waals surface area contributed by atoms with Gasteiger partial charge in [0.25, 0.3) is 11.8 Å². The lowest BCUT2D eigenvalue weighted by Gasteiger charge is -2.32. The van der Waals surface area contributed by atoms with E-state index in [1.165, 1.54) is 24.4 Å². The second-order valence-electron chi connectivity index (χ2n) is 7.71. The standard InChI is InChI=1S/C20H21F4N5O2/c1-19(21,22)11-9-13(27-14(10-11)29-7-5-25-6-8-29)12-3-4-26-17-15(12)16(20(2,23)24)31-18(30)28-17/h3-4,9-10,16,25H,5-8H2,1-2H3,(H,26,28,30)/t16-/m0/s1. The molecule has 1 saturated heterocycles. The zero-order valence-corrected chi connectivity index (χ0v) is 16.9. The number of hydrogen-bond acceptors (Lipinski definition) is 6. The van der Waals surface area contributed by atoms with Gasteiger partial charge >= 0.3 is 6.09 Å². The van der Waals surface area contributed by atoms with Crippen molar-refractivity contribution in [2.24, 2.45) is 0 Å². The van der Waals surface area contributed by atoms with Gasteiger partial charge in [-0.25, -0.2) is 32.3 Å². The number of nitrogens with one attached hydrogen (secondary N) is 2. The van der Waals surface area contributed by atoms with Crippen molar-refractivity contribution in [1.29, 1.82) is 0 Å². The summed E-state index contributed by atoms with van der Waals surface area (Å²) in [5.41, 5.74) is -0.193. The van der Waals surface area contributed by atoms with Crippen LogP contribution in [0.5, 0.6) is 0 Å². The maximum absolute atomic E-state index is 14.3. The third-order valence-electron chi connectivity index (χ3n) is 5.19. The minimum absolute atomic E-state index is 0.0696. The Labute approximate surface area is 175 Å². The number of rotatable bonds is 4. The molecule has 0 unspecified atom stereocenters. The fourth-order valence-corrected chi connectivity index (χ4v) is 3.67. The predicted molar refractivity (Wildman–Crippen MR) is 106 cm³/mol. The van der Waals surface area contributed by atoms with Crippen molar-refractivity contribution in [2.75, 3.05) is 36.4 Å². The van der Waals surface area contributed by atoms with Crippen molar-refractivity contribution in [3.63, 3.8) is 0 Å². The fourth-order valence-electron chi connectivity index (χ4n) is 3.67. The number of carbonyl (C=O) groups is 1. The number of pyridine rings is 2. The number of anilines is 2. The Morgan fingerprint density at radius 2 is 1.87 bits per heavy atom. The lowest BCUT2D eigenvalue weighted by molar-refractivity contribution is -0.0984. The topological polar surface area (TPSA) is 79.4 Å². The van der Waals surface area contributed by atoms with E-state index in [9.17, 15) is 22.4 Å². The molecule has 4 rings (SSSR count). The van der Waals surface area contributed by atoms with E-state index in [-0.39, 0.29) is 28.2 Å². The van der Waals surface area contributed by atoms with Crippen LogP contribution in [0, 0.1) is 0 Å². The second kappa shape index (κ2) is 7.63. The molecule has 0 aromatic carbocycles. The highest BCUT2D eigenvalue weighted by Gasteiger charge is 2.45. The minimum atomic E-state index is -3.43. The first-order valence-electron chi connectivity index (χ1n) is 9.75. The first-order chi connectivity index (χ1) is 14.5. The maximum Gasteiger partial charge on any atom is 0.413 e. The molecule has 1 atom stereocenters. The third-order valence-corrected chi connectivity index (χ3v) is 5.19. The second-order valence-corrected chi connectivity index (χ2v) is 7.71. The van der Waals surface area contributed by atoms with E-state index >= 15 is 0 Å². The number of piperazine rings is 1. The van der Waals surface area contributed by atoms with Gasteiger partial charge in [-0.2, -0.15) is 0 Å². The molecule has 1 amide bonds. The van der Waals surface area contributed by atoms with Crippen LogP contribution in [-0.2, 0) is 10.7 Å². The van der Waals surface area contributed by atoms with Crippen molar-refractivity contribution in [1.82, 2.24) is 15.3 Å². The van der Waals surface area contributed by atoms with E-state index in [0.717, 1.165) is 6.92 Å². The van der Waals surface area contributed by atoms with Gasteiger partial charge in [0.1, 0.15) is 11.6 Å². The van der Waals surface area contributed by atoms with Gasteiger partial charge in [-0.05, 0) is 18.2 Å². The van der Waals surface area contributed by atoms with Gasteiger partial charge in [0.15, 0.2) is 6.10 Å². The average Bonchev–Trinajstić information content (AvgIpc) is 2.71. The fraction of sp³-hybridized carbons (Fsp3) is 0.450. The molecular formula is C20H21F4N5O2. The Hall–Kier alpha value is -2.95. The molecule has 4 heterocycles. The van der Waals surface area contributed by atoms with Crippen LogP contribution in [0.3, 0.4) is 0 Å². The van der Waals surface area contributed by atoms with E-state index in [1.807, 2.05) is 4.90 Å². The summed E-state index contributed by atoms with van der Waals surface area (Å²) in [6.07, 6.45) is -1.70. The van der Waals surface area contributed by atoms with Gasteiger partial charge in [0.05, 0.1) is 11.3 Å². The summed E-state index contributed by atoms with van der Waals surface area (Å²) in [6, 6.07) is 3.88. The first kappa shape index (κ1) is 21.3. The molecule has 0 radical (unpaired) electrons. The molecular weight excluding hydrogens is 418 g/mol. The Bertz CT molecular complexity index is 1000. The van der Waals surface area contributed by atoms with Gasteiger partial charge in [0, 0.05) is 57.4 Å². The minimum Gasteiger partial charge on any atom is -0.434 e. The smallest absolute Gasteiger partial charge is 0.413 e. The van der Waals surface area contributed by atoms with Crippen molar-refractivity contribution in [3.05, 3.63) is 35.5 Å². The van der Waals surface area contributed by atoms with Gasteiger partial charge < -0.3 is 15.0 Å². The SMILES string of the molecule is CC(F)(F)c1cc(-c2ccnc3c2[C@@H](C(C)(F)F)OC(=O)N3)nc(N2CCNCC2)c1. The van der Waals surface area contributed by atoms with E-state index in [2.05, 4.69) is 20.6 Å². The summed E-state index contributed by atoms with van der Waals surface area (Å²) in [4.78, 5) is 22.1. The Morgan fingerprint density at radius 3 is 2.52 bits per heavy atom. The normalized spacial score (nSPS) is 19.5. The zero-order valence-electron chi connectivity index (χ0n) is 16.9. The molecule has 0 spiro atoms. The van der Waals surface area contributed by atoms with Crippen LogP contribution in [0.4, 0.5) is 34.0 Å². The molecule has 166 valence electrons. The lowest BCUT2D eigenvalue weighted by atomic mass is 9.95. The molecule has 31 heavy (non-hydrogen) atoms. The molecule has 0 bridgehead atoms. The molecule has 2 aromatic heterocycles. The molecule has 2 N–H and O–H groups in total. The zero-order chi connectivity index (χ0) is 22.4. The van der Waals surface area contributed by atoms with Crippen molar-refractivity contribution < 1.29 is 27.1 Å². The number of halogens is 4. The largest absolute Gasteiger partial charge is 0.434 e. The van der Waals surface area contributed by atoms with Crippen LogP contribution in [0.1, 0.15) is 31.1 Å². The Balaban J connectivity index is 1.90. The Morgan fingerprint density at radius 1 is 1.16 bits per heavy atom. The van der Waals surface area contributed by atoms with E-state index < -0.39 is 24.0 Å². The van der Waals surface area contributed by atoms with Crippen LogP contribution in [0.25, 0.3) is 11.3 Å². The van der Waals surface area contributed by atoms with Crippen LogP contribution in [0.2, 0.25) is 0 Å². The van der Waals surface area contributed by atoms with Crippen molar-refractivity contribution in [2.45, 2.75) is 31.8 Å². The van der Waals surface area contributed by atoms with Gasteiger partial charge in [0.2, 0.25) is 0 Å². The van der Waals surface area contributed by atoms with Crippen molar-refractivity contribution in [3.8, 4) is 11.3 Å². The summed E-state index contributed by atoms with van der Waals surface area (Å²) in [6.45, 7) is 3.84. The number of carbonyl (C=O) groups excluding carboxylic acids is 1. The van der Waals surface area contributed by atoms with Gasteiger partial charge in [-0.1, -0.05) is 0 Å². The summed E-state index contributed by atoms with van der Waals surface area (Å²) in [7, 11) is 0. The number of aromatic nitrogens is 2. The highest BCUT2D eigenvalue weighted by Crippen LogP contribution is 2.45. The Kier molecular flexibility index (Phi) is 5.24. The third kappa shape index (κ3) is 4.27. The molecule has 2 aliphatic heterocycles. The van der Waals surface area contributed by atoms with E-state index in [1.54, 1.807) is 0 Å². The van der Waals surface area contributed by atoms with Crippen molar-refractivity contribution >= 4 is 17.7 Å². The highest BCUT2D eigenvalue weighted by molar-refractivity contribution is 5.89. The summed E-state index contributed by atoms with van der Waals surface area (Å²) >= 11 is 0. The number of amides is 1. The summed E-state index contributed by atoms with van der Waals surface area (Å²) < 4.78 is 62.0. The monoisotopic (exact) mass is 439 g/mol. The number of nitrogens with zero attached hydrogens (tertiary/aromatic N) is 3. The van der Waals surface area contributed by atoms with Crippen LogP contribution < -0.4 is 15.5 Å². The summed E-state index contributed by atoms with van der Waals surface area (Å²) in [5.74, 6) is -6.40. The first-order valence-corrected chi connectivity index (χ1v) is 9.75. The number of ether oxygens (including phenoxy) is 1. The lowest BCUT2D eigenvalue weighted by Crippen LogP contribution is -2.44. The summed E-state index contributed by atoms with van der Waals surface area (Å²) in [5, 5.41) is 5.47. The van der Waals surface area contributed by atoms with E-state index in [0.29, 0.717) is 38.9 Å². The molecule has 2 aliphatic rings. The molecule has 0 saturated carbocycles.